The summed E-state index contributed by atoms with van der Waals surface area (Å²) >= 11 is 2.98. The van der Waals surface area contributed by atoms with E-state index in [1.54, 1.807) is 43.6 Å². The molecule has 0 bridgehead atoms. The van der Waals surface area contributed by atoms with Crippen molar-refractivity contribution < 1.29 is 13.6 Å². The molecule has 12 heteroatoms. The first-order valence-corrected chi connectivity index (χ1v) is 14.7. The van der Waals surface area contributed by atoms with Crippen LogP contribution in [0.25, 0.3) is 0 Å². The van der Waals surface area contributed by atoms with Crippen molar-refractivity contribution in [2.24, 2.45) is 28.5 Å². The number of benzene rings is 2. The molecule has 5 rings (SSSR count). The number of carbonyl (C=O) groups excluding carboxylic acids is 1. The summed E-state index contributed by atoms with van der Waals surface area (Å²) in [7, 11) is 1.72. The molecule has 0 radical (unpaired) electrons. The first kappa shape index (κ1) is 29.6. The fourth-order valence-corrected chi connectivity index (χ4v) is 6.68. The summed E-state index contributed by atoms with van der Waals surface area (Å²) < 4.78 is 29.7. The van der Waals surface area contributed by atoms with Crippen molar-refractivity contribution in [1.82, 2.24) is 9.78 Å². The Bertz CT molecular complexity index is 1470. The molecule has 2 aliphatic heterocycles. The molecule has 6 N–H and O–H groups in total. The number of aliphatic imine (C=N–C) groups is 2. The average molecular weight is 586 g/mol. The van der Waals surface area contributed by atoms with Crippen molar-refractivity contribution in [2.75, 3.05) is 17.2 Å². The molecule has 3 aromatic rings. The largest absolute Gasteiger partial charge is 0.399 e. The molecule has 3 heterocycles. The van der Waals surface area contributed by atoms with Crippen LogP contribution in [0.5, 0.6) is 0 Å². The lowest BCUT2D eigenvalue weighted by atomic mass is 9.87. The minimum Gasteiger partial charge on any atom is -0.399 e. The molecule has 0 saturated carbocycles. The number of amidine groups is 2. The van der Waals surface area contributed by atoms with Gasteiger partial charge in [0, 0.05) is 48.0 Å². The lowest BCUT2D eigenvalue weighted by Gasteiger charge is -2.30. The second kappa shape index (κ2) is 12.0. The molecule has 1 aromatic heterocycles. The van der Waals surface area contributed by atoms with Gasteiger partial charge < -0.3 is 17.2 Å². The minimum atomic E-state index is -0.689. The summed E-state index contributed by atoms with van der Waals surface area (Å²) in [6.07, 6.45) is 3.24. The number of ketones is 1. The minimum absolute atomic E-state index is 0.0556. The molecule has 2 atom stereocenters. The van der Waals surface area contributed by atoms with Crippen molar-refractivity contribution in [3.05, 3.63) is 82.7 Å². The molecule has 8 nitrogen and oxygen atoms in total. The summed E-state index contributed by atoms with van der Waals surface area (Å²) in [6, 6.07) is 11.0. The number of Topliss-reactive ketones (excluding diaryl/α,β-unsaturated/α-hetero) is 1. The summed E-state index contributed by atoms with van der Waals surface area (Å²) in [4.78, 5) is 21.2. The number of nitrogen functional groups attached to an aromatic ring is 1. The molecule has 0 fully saturated rings. The molecule has 212 valence electrons. The Hall–Kier alpha value is -3.38. The van der Waals surface area contributed by atoms with E-state index in [1.165, 1.54) is 40.3 Å². The summed E-state index contributed by atoms with van der Waals surface area (Å²) in [5.74, 6) is 0.988. The Morgan fingerprint density at radius 2 is 1.45 bits per heavy atom. The van der Waals surface area contributed by atoms with Crippen molar-refractivity contribution in [3.63, 3.8) is 0 Å². The van der Waals surface area contributed by atoms with Crippen LogP contribution in [-0.4, -0.2) is 37.4 Å². The van der Waals surface area contributed by atoms with Crippen LogP contribution in [0.3, 0.4) is 0 Å². The van der Waals surface area contributed by atoms with E-state index < -0.39 is 11.1 Å². The zero-order valence-corrected chi connectivity index (χ0v) is 24.3. The van der Waals surface area contributed by atoms with Gasteiger partial charge in [0.15, 0.2) is 16.1 Å². The fourth-order valence-electron chi connectivity index (χ4n) is 4.74. The highest BCUT2D eigenvalue weighted by molar-refractivity contribution is 8.14. The van der Waals surface area contributed by atoms with Gasteiger partial charge in [-0.15, -0.1) is 0 Å². The maximum absolute atomic E-state index is 14.4. The fraction of sp³-hybridized carbons (Fsp3) is 0.357. The highest BCUT2D eigenvalue weighted by Gasteiger charge is 2.33. The predicted molar refractivity (Wildman–Crippen MR) is 161 cm³/mol. The Morgan fingerprint density at radius 1 is 0.900 bits per heavy atom. The number of nitrogens with two attached hydrogens (primary N) is 3. The third kappa shape index (κ3) is 6.67. The number of hydrogen-bond donors (Lipinski definition) is 3. The molecular weight excluding hydrogens is 552 g/mol. The number of thioether (sulfide) groups is 2. The number of anilines is 1. The third-order valence-electron chi connectivity index (χ3n) is 7.04. The van der Waals surface area contributed by atoms with Crippen LogP contribution >= 0.6 is 23.5 Å². The van der Waals surface area contributed by atoms with Gasteiger partial charge in [0.05, 0.1) is 11.1 Å². The average Bonchev–Trinajstić information content (AvgIpc) is 3.32. The van der Waals surface area contributed by atoms with Crippen LogP contribution in [0, 0.1) is 11.6 Å². The number of aryl methyl sites for hydroxylation is 1. The number of nitrogens with zero attached hydrogens (tertiary/aromatic N) is 4. The first-order chi connectivity index (χ1) is 18.9. The molecule has 0 spiro atoms. The standard InChI is InChI=1S/C17H19FN4OS.C11H14FN3S/c1-17(6-8-24-16(19)21-17)12-9-11(3-4-13(12)18)10-15(23)14-5-7-20-22(14)2;1-11(4-5-16-10(14)15-11)8-6-7(13)2-3-9(8)12/h3-5,7,9H,6,8,10H2,1-2H3,(H2,19,21);2-3,6H,4-5,13H2,1H3,(H2,14,15)/t17-;11-/m00/s1. The number of carbonyl (C=O) groups is 1. The highest BCUT2D eigenvalue weighted by Crippen LogP contribution is 2.38. The second-order valence-corrected chi connectivity index (χ2v) is 12.4. The molecule has 0 aliphatic carbocycles. The van der Waals surface area contributed by atoms with Gasteiger partial charge in [0.25, 0.3) is 0 Å². The number of aromatic nitrogens is 2. The van der Waals surface area contributed by atoms with E-state index in [0.717, 1.165) is 23.5 Å². The van der Waals surface area contributed by atoms with Crippen molar-refractivity contribution in [1.29, 1.82) is 0 Å². The van der Waals surface area contributed by atoms with Gasteiger partial charge in [-0.3, -0.25) is 19.5 Å². The zero-order chi connectivity index (χ0) is 29.1. The van der Waals surface area contributed by atoms with E-state index in [0.29, 0.717) is 39.3 Å². The van der Waals surface area contributed by atoms with E-state index in [2.05, 4.69) is 15.1 Å². The van der Waals surface area contributed by atoms with E-state index >= 15 is 0 Å². The van der Waals surface area contributed by atoms with Gasteiger partial charge in [0.1, 0.15) is 17.3 Å². The van der Waals surface area contributed by atoms with E-state index in [1.807, 2.05) is 13.8 Å². The van der Waals surface area contributed by atoms with Gasteiger partial charge in [-0.25, -0.2) is 8.78 Å². The molecule has 40 heavy (non-hydrogen) atoms. The number of halogens is 2. The van der Waals surface area contributed by atoms with Gasteiger partial charge >= 0.3 is 0 Å². The van der Waals surface area contributed by atoms with Crippen LogP contribution in [0.4, 0.5) is 14.5 Å². The molecule has 0 saturated heterocycles. The Balaban J connectivity index is 0.000000201. The van der Waals surface area contributed by atoms with E-state index in [9.17, 15) is 13.6 Å². The van der Waals surface area contributed by atoms with Crippen LogP contribution in [0.15, 0.2) is 58.6 Å². The monoisotopic (exact) mass is 585 g/mol. The Kier molecular flexibility index (Phi) is 8.89. The predicted octanol–water partition coefficient (Wildman–Crippen LogP) is 4.73. The Morgan fingerprint density at radius 3 is 1.98 bits per heavy atom. The Labute approximate surface area is 240 Å². The molecule has 0 amide bonds. The highest BCUT2D eigenvalue weighted by atomic mass is 32.2. The first-order valence-electron chi connectivity index (χ1n) is 12.7. The van der Waals surface area contributed by atoms with Gasteiger partial charge in [-0.2, -0.15) is 5.10 Å². The quantitative estimate of drug-likeness (QED) is 0.291. The summed E-state index contributed by atoms with van der Waals surface area (Å²) in [5.41, 5.74) is 18.8. The smallest absolute Gasteiger partial charge is 0.185 e. The second-order valence-electron chi connectivity index (χ2n) is 10.1. The maximum Gasteiger partial charge on any atom is 0.185 e. The van der Waals surface area contributed by atoms with Gasteiger partial charge in [-0.1, -0.05) is 29.6 Å². The molecule has 2 aromatic carbocycles. The normalized spacial score (nSPS) is 22.5. The third-order valence-corrected chi connectivity index (χ3v) is 8.64. The summed E-state index contributed by atoms with van der Waals surface area (Å²) in [5, 5.41) is 4.99. The summed E-state index contributed by atoms with van der Waals surface area (Å²) in [6.45, 7) is 3.77. The van der Waals surface area contributed by atoms with E-state index in [4.69, 9.17) is 17.2 Å². The van der Waals surface area contributed by atoms with Crippen molar-refractivity contribution >= 4 is 45.3 Å². The molecule has 0 unspecified atom stereocenters. The molecular formula is C28H33F2N7OS2. The van der Waals surface area contributed by atoms with Crippen LogP contribution < -0.4 is 17.2 Å². The van der Waals surface area contributed by atoms with Gasteiger partial charge in [0.2, 0.25) is 0 Å². The SMILES string of the molecule is C[C@@]1(c2cc(N)ccc2F)CCSC(N)=N1.Cn1nccc1C(=O)Cc1ccc(F)c([C@]2(C)CCSC(N)=N2)c1. The lowest BCUT2D eigenvalue weighted by Crippen LogP contribution is -2.29. The lowest BCUT2D eigenvalue weighted by molar-refractivity contribution is 0.0984. The topological polar surface area (TPSA) is 138 Å². The van der Waals surface area contributed by atoms with Crippen LogP contribution in [-0.2, 0) is 24.5 Å². The van der Waals surface area contributed by atoms with Crippen LogP contribution in [0.2, 0.25) is 0 Å². The molecule has 2 aliphatic rings. The van der Waals surface area contributed by atoms with Gasteiger partial charge in [-0.05, 0) is 68.7 Å². The van der Waals surface area contributed by atoms with Crippen molar-refractivity contribution in [2.45, 2.75) is 44.2 Å². The zero-order valence-electron chi connectivity index (χ0n) is 22.7. The number of hydrogen-bond acceptors (Lipinski definition) is 9. The number of rotatable bonds is 5. The van der Waals surface area contributed by atoms with Crippen molar-refractivity contribution in [3.8, 4) is 0 Å². The van der Waals surface area contributed by atoms with E-state index in [-0.39, 0.29) is 23.8 Å². The van der Waals surface area contributed by atoms with Crippen LogP contribution in [0.1, 0.15) is 53.9 Å². The maximum atomic E-state index is 14.4.